The van der Waals surface area contributed by atoms with Crippen LogP contribution in [0.2, 0.25) is 0 Å². The zero-order valence-electron chi connectivity index (χ0n) is 9.06. The van der Waals surface area contributed by atoms with Crippen molar-refractivity contribution in [2.24, 2.45) is 0 Å². The molecule has 0 unspecified atom stereocenters. The van der Waals surface area contributed by atoms with Crippen molar-refractivity contribution in [3.8, 4) is 0 Å². The maximum absolute atomic E-state index is 10.4. The van der Waals surface area contributed by atoms with Gasteiger partial charge in [0.05, 0.1) is 13.0 Å². The van der Waals surface area contributed by atoms with E-state index in [0.29, 0.717) is 6.54 Å². The molecule has 1 aromatic rings. The van der Waals surface area contributed by atoms with Crippen molar-refractivity contribution in [1.82, 2.24) is 9.88 Å². The first-order valence-corrected chi connectivity index (χ1v) is 5.85. The van der Waals surface area contributed by atoms with Crippen LogP contribution in [0, 0.1) is 6.92 Å². The molecule has 0 amide bonds. The number of nitrogens with zero attached hydrogens (tertiary/aromatic N) is 2. The molecule has 15 heavy (non-hydrogen) atoms. The van der Waals surface area contributed by atoms with Gasteiger partial charge in [-0.25, -0.2) is 4.98 Å². The zero-order valence-corrected chi connectivity index (χ0v) is 9.88. The predicted octanol–water partition coefficient (Wildman–Crippen LogP) is 1.75. The van der Waals surface area contributed by atoms with Crippen molar-refractivity contribution in [2.75, 3.05) is 13.1 Å². The van der Waals surface area contributed by atoms with Crippen molar-refractivity contribution in [2.45, 2.75) is 26.8 Å². The van der Waals surface area contributed by atoms with Crippen molar-refractivity contribution in [3.63, 3.8) is 0 Å². The van der Waals surface area contributed by atoms with Crippen LogP contribution in [0.3, 0.4) is 0 Å². The highest BCUT2D eigenvalue weighted by atomic mass is 32.1. The molecule has 0 saturated carbocycles. The molecule has 0 atom stereocenters. The molecular weight excluding hydrogens is 212 g/mol. The molecule has 0 aliphatic heterocycles. The van der Waals surface area contributed by atoms with Crippen LogP contribution in [0.5, 0.6) is 0 Å². The lowest BCUT2D eigenvalue weighted by Crippen LogP contribution is -2.25. The van der Waals surface area contributed by atoms with E-state index in [-0.39, 0.29) is 6.42 Å². The van der Waals surface area contributed by atoms with Crippen molar-refractivity contribution < 1.29 is 9.90 Å². The summed E-state index contributed by atoms with van der Waals surface area (Å²) in [5.41, 5.74) is 1.03. The van der Waals surface area contributed by atoms with E-state index in [0.717, 1.165) is 23.8 Å². The van der Waals surface area contributed by atoms with Gasteiger partial charge in [-0.3, -0.25) is 9.69 Å². The highest BCUT2D eigenvalue weighted by Crippen LogP contribution is 2.11. The molecule has 0 bridgehead atoms. The normalized spacial score (nSPS) is 10.9. The third kappa shape index (κ3) is 4.40. The molecule has 1 aromatic heterocycles. The van der Waals surface area contributed by atoms with Crippen LogP contribution in [0.1, 0.15) is 24.0 Å². The van der Waals surface area contributed by atoms with Gasteiger partial charge in [0.25, 0.3) is 0 Å². The lowest BCUT2D eigenvalue weighted by Gasteiger charge is -2.17. The fourth-order valence-electron chi connectivity index (χ4n) is 1.27. The number of aryl methyl sites for hydroxylation is 1. The highest BCUT2D eigenvalue weighted by Gasteiger charge is 2.08. The van der Waals surface area contributed by atoms with E-state index in [1.165, 1.54) is 0 Å². The molecule has 0 spiro atoms. The summed E-state index contributed by atoms with van der Waals surface area (Å²) < 4.78 is 0. The first-order valence-electron chi connectivity index (χ1n) is 4.97. The number of thiazole rings is 1. The molecule has 0 aliphatic carbocycles. The van der Waals surface area contributed by atoms with E-state index >= 15 is 0 Å². The Bertz CT molecular complexity index is 325. The van der Waals surface area contributed by atoms with Gasteiger partial charge in [-0.1, -0.05) is 6.92 Å². The minimum Gasteiger partial charge on any atom is -0.481 e. The van der Waals surface area contributed by atoms with Crippen LogP contribution in [-0.4, -0.2) is 34.0 Å². The highest BCUT2D eigenvalue weighted by molar-refractivity contribution is 7.09. The predicted molar refractivity (Wildman–Crippen MR) is 60.1 cm³/mol. The van der Waals surface area contributed by atoms with E-state index in [4.69, 9.17) is 5.11 Å². The monoisotopic (exact) mass is 228 g/mol. The largest absolute Gasteiger partial charge is 0.481 e. The Morgan fingerprint density at radius 2 is 2.40 bits per heavy atom. The molecule has 0 aliphatic rings. The SMILES string of the molecule is CCN(CCC(=O)O)Cc1nc(C)cs1. The minimum absolute atomic E-state index is 0.193. The fraction of sp³-hybridized carbons (Fsp3) is 0.600. The number of aromatic nitrogens is 1. The second-order valence-electron chi connectivity index (χ2n) is 3.40. The molecule has 4 nitrogen and oxygen atoms in total. The Kier molecular flexibility index (Phi) is 4.71. The number of hydrogen-bond acceptors (Lipinski definition) is 4. The summed E-state index contributed by atoms with van der Waals surface area (Å²) in [6.45, 7) is 6.19. The number of aliphatic carboxylic acids is 1. The van der Waals surface area contributed by atoms with Crippen molar-refractivity contribution in [3.05, 3.63) is 16.1 Å². The van der Waals surface area contributed by atoms with Gasteiger partial charge in [0.15, 0.2) is 0 Å². The van der Waals surface area contributed by atoms with E-state index < -0.39 is 5.97 Å². The third-order valence-corrected chi connectivity index (χ3v) is 3.07. The topological polar surface area (TPSA) is 53.4 Å². The van der Waals surface area contributed by atoms with Gasteiger partial charge in [0.2, 0.25) is 0 Å². The zero-order chi connectivity index (χ0) is 11.3. The van der Waals surface area contributed by atoms with Crippen LogP contribution in [0.15, 0.2) is 5.38 Å². The van der Waals surface area contributed by atoms with Gasteiger partial charge in [-0.05, 0) is 13.5 Å². The number of hydrogen-bond donors (Lipinski definition) is 1. The maximum atomic E-state index is 10.4. The quantitative estimate of drug-likeness (QED) is 0.806. The second-order valence-corrected chi connectivity index (χ2v) is 4.34. The van der Waals surface area contributed by atoms with E-state index in [9.17, 15) is 4.79 Å². The molecule has 0 fully saturated rings. The summed E-state index contributed by atoms with van der Waals surface area (Å²) in [4.78, 5) is 16.9. The number of rotatable bonds is 6. The molecular formula is C10H16N2O2S. The summed E-state index contributed by atoms with van der Waals surface area (Å²) in [5, 5.41) is 11.7. The van der Waals surface area contributed by atoms with Crippen molar-refractivity contribution >= 4 is 17.3 Å². The van der Waals surface area contributed by atoms with Gasteiger partial charge in [-0.15, -0.1) is 11.3 Å². The summed E-state index contributed by atoms with van der Waals surface area (Å²) in [5.74, 6) is -0.747. The Morgan fingerprint density at radius 3 is 2.87 bits per heavy atom. The van der Waals surface area contributed by atoms with E-state index in [1.54, 1.807) is 11.3 Å². The van der Waals surface area contributed by atoms with Crippen LogP contribution in [-0.2, 0) is 11.3 Å². The summed E-state index contributed by atoms with van der Waals surface area (Å²) in [6.07, 6.45) is 0.193. The Labute approximate surface area is 93.6 Å². The van der Waals surface area contributed by atoms with Gasteiger partial charge in [0, 0.05) is 17.6 Å². The molecule has 0 saturated heterocycles. The van der Waals surface area contributed by atoms with E-state index in [2.05, 4.69) is 9.88 Å². The number of carboxylic acids is 1. The number of carbonyl (C=O) groups is 1. The summed E-state index contributed by atoms with van der Waals surface area (Å²) in [7, 11) is 0. The standard InChI is InChI=1S/C10H16N2O2S/c1-3-12(5-4-10(13)14)6-9-11-8(2)7-15-9/h7H,3-6H2,1-2H3,(H,13,14). The minimum atomic E-state index is -0.747. The first-order chi connectivity index (χ1) is 7.11. The average Bonchev–Trinajstić information content (AvgIpc) is 2.58. The van der Waals surface area contributed by atoms with Gasteiger partial charge in [-0.2, -0.15) is 0 Å². The molecule has 0 aromatic carbocycles. The van der Waals surface area contributed by atoms with Crippen LogP contribution < -0.4 is 0 Å². The lowest BCUT2D eigenvalue weighted by atomic mass is 10.3. The fourth-order valence-corrected chi connectivity index (χ4v) is 2.08. The van der Waals surface area contributed by atoms with Gasteiger partial charge < -0.3 is 5.11 Å². The maximum Gasteiger partial charge on any atom is 0.304 e. The van der Waals surface area contributed by atoms with Gasteiger partial charge >= 0.3 is 5.97 Å². The molecule has 1 heterocycles. The Hall–Kier alpha value is -0.940. The first kappa shape index (κ1) is 12.1. The number of carboxylic acid groups (broad SMARTS) is 1. The Balaban J connectivity index is 2.42. The van der Waals surface area contributed by atoms with Crippen molar-refractivity contribution in [1.29, 1.82) is 0 Å². The van der Waals surface area contributed by atoms with Gasteiger partial charge in [0.1, 0.15) is 5.01 Å². The van der Waals surface area contributed by atoms with Crippen LogP contribution >= 0.6 is 11.3 Å². The van der Waals surface area contributed by atoms with Crippen LogP contribution in [0.4, 0.5) is 0 Å². The molecule has 5 heteroatoms. The molecule has 84 valence electrons. The molecule has 1 rings (SSSR count). The molecule has 1 N–H and O–H groups in total. The smallest absolute Gasteiger partial charge is 0.304 e. The second kappa shape index (κ2) is 5.82. The summed E-state index contributed by atoms with van der Waals surface area (Å²) in [6, 6.07) is 0. The van der Waals surface area contributed by atoms with Crippen LogP contribution in [0.25, 0.3) is 0 Å². The van der Waals surface area contributed by atoms with E-state index in [1.807, 2.05) is 19.2 Å². The average molecular weight is 228 g/mol. The molecule has 0 radical (unpaired) electrons. The lowest BCUT2D eigenvalue weighted by molar-refractivity contribution is -0.137. The third-order valence-electron chi connectivity index (χ3n) is 2.11. The summed E-state index contributed by atoms with van der Waals surface area (Å²) >= 11 is 1.63. The Morgan fingerprint density at radius 1 is 1.67 bits per heavy atom.